The Hall–Kier alpha value is -2.97. The van der Waals surface area contributed by atoms with Crippen LogP contribution in [0, 0.1) is 0 Å². The number of benzene rings is 2. The van der Waals surface area contributed by atoms with Crippen LogP contribution in [-0.2, 0) is 16.0 Å². The SMILES string of the molecule is COCCCN(Cc1nc(C(=O)OC)cs1)C(=O)Nc1cccc2ccccc12. The monoisotopic (exact) mass is 413 g/mol. The van der Waals surface area contributed by atoms with E-state index in [2.05, 4.69) is 10.3 Å². The van der Waals surface area contributed by atoms with E-state index in [-0.39, 0.29) is 11.7 Å². The lowest BCUT2D eigenvalue weighted by molar-refractivity contribution is 0.0594. The second kappa shape index (κ2) is 9.99. The summed E-state index contributed by atoms with van der Waals surface area (Å²) >= 11 is 1.32. The lowest BCUT2D eigenvalue weighted by Crippen LogP contribution is -2.35. The zero-order chi connectivity index (χ0) is 20.6. The number of esters is 1. The van der Waals surface area contributed by atoms with Crippen molar-refractivity contribution in [1.29, 1.82) is 0 Å². The number of rotatable bonds is 8. The number of carbonyl (C=O) groups excluding carboxylic acids is 2. The molecular weight excluding hydrogens is 390 g/mol. The summed E-state index contributed by atoms with van der Waals surface area (Å²) in [5, 5.41) is 7.33. The number of nitrogens with one attached hydrogen (secondary N) is 1. The molecule has 152 valence electrons. The van der Waals surface area contributed by atoms with Gasteiger partial charge in [-0.25, -0.2) is 14.6 Å². The smallest absolute Gasteiger partial charge is 0.357 e. The molecule has 0 unspecified atom stereocenters. The van der Waals surface area contributed by atoms with Crippen molar-refractivity contribution in [2.75, 3.05) is 32.7 Å². The van der Waals surface area contributed by atoms with E-state index in [0.717, 1.165) is 16.5 Å². The molecule has 1 N–H and O–H groups in total. The molecule has 0 saturated heterocycles. The highest BCUT2D eigenvalue weighted by molar-refractivity contribution is 7.09. The number of carbonyl (C=O) groups is 2. The number of thiazole rings is 1. The third kappa shape index (κ3) is 5.30. The second-order valence-corrected chi connectivity index (χ2v) is 7.29. The number of hydrogen-bond acceptors (Lipinski definition) is 6. The van der Waals surface area contributed by atoms with E-state index >= 15 is 0 Å². The van der Waals surface area contributed by atoms with Crippen molar-refractivity contribution in [3.05, 3.63) is 58.5 Å². The number of methoxy groups -OCH3 is 2. The predicted molar refractivity (Wildman–Crippen MR) is 113 cm³/mol. The van der Waals surface area contributed by atoms with Crippen molar-refractivity contribution in [2.45, 2.75) is 13.0 Å². The van der Waals surface area contributed by atoms with Crippen LogP contribution in [0.1, 0.15) is 21.9 Å². The Bertz CT molecular complexity index is 983. The summed E-state index contributed by atoms with van der Waals surface area (Å²) in [6.45, 7) is 1.34. The average Bonchev–Trinajstić information content (AvgIpc) is 3.21. The Morgan fingerprint density at radius 3 is 2.72 bits per heavy atom. The van der Waals surface area contributed by atoms with Gasteiger partial charge in [0.1, 0.15) is 5.01 Å². The highest BCUT2D eigenvalue weighted by Gasteiger charge is 2.18. The first-order chi connectivity index (χ1) is 14.1. The summed E-state index contributed by atoms with van der Waals surface area (Å²) in [7, 11) is 2.94. The minimum atomic E-state index is -0.487. The van der Waals surface area contributed by atoms with Crippen molar-refractivity contribution in [2.24, 2.45) is 0 Å². The molecule has 0 fully saturated rings. The van der Waals surface area contributed by atoms with Gasteiger partial charge in [-0.05, 0) is 17.9 Å². The van der Waals surface area contributed by atoms with Gasteiger partial charge in [-0.2, -0.15) is 0 Å². The van der Waals surface area contributed by atoms with Gasteiger partial charge in [-0.1, -0.05) is 36.4 Å². The molecule has 0 bridgehead atoms. The minimum absolute atomic E-state index is 0.229. The molecule has 2 amide bonds. The van der Waals surface area contributed by atoms with Gasteiger partial charge in [0, 0.05) is 31.0 Å². The van der Waals surface area contributed by atoms with E-state index in [9.17, 15) is 9.59 Å². The largest absolute Gasteiger partial charge is 0.464 e. The molecule has 29 heavy (non-hydrogen) atoms. The fourth-order valence-corrected chi connectivity index (χ4v) is 3.70. The van der Waals surface area contributed by atoms with E-state index in [1.165, 1.54) is 18.4 Å². The average molecular weight is 413 g/mol. The van der Waals surface area contributed by atoms with Crippen LogP contribution in [0.4, 0.5) is 10.5 Å². The van der Waals surface area contributed by atoms with Gasteiger partial charge in [0.05, 0.1) is 19.3 Å². The second-order valence-electron chi connectivity index (χ2n) is 6.34. The molecule has 0 atom stereocenters. The lowest BCUT2D eigenvalue weighted by atomic mass is 10.1. The minimum Gasteiger partial charge on any atom is -0.464 e. The van der Waals surface area contributed by atoms with Crippen molar-refractivity contribution in [3.63, 3.8) is 0 Å². The number of hydrogen-bond donors (Lipinski definition) is 1. The molecule has 3 aromatic rings. The highest BCUT2D eigenvalue weighted by Crippen LogP contribution is 2.23. The topological polar surface area (TPSA) is 80.8 Å². The van der Waals surface area contributed by atoms with Gasteiger partial charge in [-0.3, -0.25) is 0 Å². The van der Waals surface area contributed by atoms with Crippen LogP contribution in [0.5, 0.6) is 0 Å². The summed E-state index contributed by atoms with van der Waals surface area (Å²) in [6, 6.07) is 13.5. The fourth-order valence-electron chi connectivity index (χ4n) is 2.93. The van der Waals surface area contributed by atoms with Crippen molar-refractivity contribution in [1.82, 2.24) is 9.88 Å². The lowest BCUT2D eigenvalue weighted by Gasteiger charge is -2.22. The maximum atomic E-state index is 13.0. The van der Waals surface area contributed by atoms with Crippen LogP contribution < -0.4 is 5.32 Å². The van der Waals surface area contributed by atoms with Gasteiger partial charge < -0.3 is 19.7 Å². The van der Waals surface area contributed by atoms with Gasteiger partial charge in [0.25, 0.3) is 0 Å². The first-order valence-corrected chi connectivity index (χ1v) is 10.1. The standard InChI is InChI=1S/C21H23N3O4S/c1-27-12-6-11-24(13-19-22-18(14-29-19)20(25)28-2)21(26)23-17-10-5-8-15-7-3-4-9-16(15)17/h3-5,7-10,14H,6,11-13H2,1-2H3,(H,23,26). The molecule has 0 aliphatic carbocycles. The molecule has 8 heteroatoms. The maximum Gasteiger partial charge on any atom is 0.357 e. The summed E-state index contributed by atoms with van der Waals surface area (Å²) in [5.74, 6) is -0.487. The molecule has 7 nitrogen and oxygen atoms in total. The van der Waals surface area contributed by atoms with Crippen LogP contribution in [0.25, 0.3) is 10.8 Å². The van der Waals surface area contributed by atoms with Gasteiger partial charge in [-0.15, -0.1) is 11.3 Å². The molecule has 3 rings (SSSR count). The fraction of sp³-hybridized carbons (Fsp3) is 0.286. The normalized spacial score (nSPS) is 10.7. The van der Waals surface area contributed by atoms with Crippen molar-refractivity contribution < 1.29 is 19.1 Å². The number of nitrogens with zero attached hydrogens (tertiary/aromatic N) is 2. The molecule has 0 aliphatic rings. The number of aromatic nitrogens is 1. The van der Waals surface area contributed by atoms with Gasteiger partial charge in [0.15, 0.2) is 5.69 Å². The van der Waals surface area contributed by atoms with Crippen molar-refractivity contribution >= 4 is 39.8 Å². The number of anilines is 1. The first kappa shape index (κ1) is 20.8. The van der Waals surface area contributed by atoms with Crippen LogP contribution in [0.2, 0.25) is 0 Å². The van der Waals surface area contributed by atoms with E-state index in [4.69, 9.17) is 9.47 Å². The zero-order valence-electron chi connectivity index (χ0n) is 16.4. The van der Waals surface area contributed by atoms with E-state index in [1.54, 1.807) is 17.4 Å². The third-order valence-electron chi connectivity index (χ3n) is 4.37. The predicted octanol–water partition coefficient (Wildman–Crippen LogP) is 4.15. The van der Waals surface area contributed by atoms with Gasteiger partial charge in [0.2, 0.25) is 0 Å². The highest BCUT2D eigenvalue weighted by atomic mass is 32.1. The van der Waals surface area contributed by atoms with Crippen LogP contribution >= 0.6 is 11.3 Å². The molecule has 0 radical (unpaired) electrons. The number of ether oxygens (including phenoxy) is 2. The quantitative estimate of drug-likeness (QED) is 0.443. The zero-order valence-corrected chi connectivity index (χ0v) is 17.2. The molecular formula is C21H23N3O4S. The van der Waals surface area contributed by atoms with E-state index < -0.39 is 5.97 Å². The maximum absolute atomic E-state index is 13.0. The number of amides is 2. The third-order valence-corrected chi connectivity index (χ3v) is 5.20. The summed E-state index contributed by atoms with van der Waals surface area (Å²) in [6.07, 6.45) is 0.689. The Balaban J connectivity index is 1.77. The Kier molecular flexibility index (Phi) is 7.15. The summed E-state index contributed by atoms with van der Waals surface area (Å²) in [4.78, 5) is 30.6. The van der Waals surface area contributed by atoms with Crippen LogP contribution in [0.15, 0.2) is 47.8 Å². The van der Waals surface area contributed by atoms with Crippen LogP contribution in [0.3, 0.4) is 0 Å². The number of urea groups is 1. The molecule has 1 heterocycles. The molecule has 1 aromatic heterocycles. The first-order valence-electron chi connectivity index (χ1n) is 9.17. The van der Waals surface area contributed by atoms with Crippen molar-refractivity contribution in [3.8, 4) is 0 Å². The summed E-state index contributed by atoms with van der Waals surface area (Å²) < 4.78 is 9.81. The molecule has 0 spiro atoms. The Morgan fingerprint density at radius 2 is 1.93 bits per heavy atom. The molecule has 2 aromatic carbocycles. The Morgan fingerprint density at radius 1 is 1.14 bits per heavy atom. The van der Waals surface area contributed by atoms with E-state index in [1.807, 2.05) is 42.5 Å². The Labute approximate surface area is 173 Å². The summed E-state index contributed by atoms with van der Waals surface area (Å²) in [5.41, 5.74) is 0.998. The van der Waals surface area contributed by atoms with Gasteiger partial charge >= 0.3 is 12.0 Å². The molecule has 0 saturated carbocycles. The number of fused-ring (bicyclic) bond motifs is 1. The van der Waals surface area contributed by atoms with Crippen LogP contribution in [-0.4, -0.2) is 49.3 Å². The van der Waals surface area contributed by atoms with E-state index in [0.29, 0.717) is 31.1 Å². The molecule has 0 aliphatic heterocycles.